The molecule has 2 rings (SSSR count). The van der Waals surface area contributed by atoms with Gasteiger partial charge in [0.25, 0.3) is 0 Å². The molecule has 1 N–H and O–H groups in total. The summed E-state index contributed by atoms with van der Waals surface area (Å²) in [5.74, 6) is 0.947. The van der Waals surface area contributed by atoms with E-state index in [-0.39, 0.29) is 0 Å². The first kappa shape index (κ1) is 11.7. The van der Waals surface area contributed by atoms with E-state index in [1.165, 1.54) is 55.5 Å². The summed E-state index contributed by atoms with van der Waals surface area (Å²) in [6.07, 6.45) is 5.35. The Hall–Kier alpha value is -0.820. The molecule has 1 nitrogen and oxygen atoms in total. The standard InChI is InChI=1S/C15H23N/c1-12-3-4-15(11-13(12)2)6-5-14-7-9-16-10-8-14/h3-4,11,14,16H,5-10H2,1-2H3. The Morgan fingerprint density at radius 1 is 1.12 bits per heavy atom. The summed E-state index contributed by atoms with van der Waals surface area (Å²) in [6.45, 7) is 6.84. The maximum atomic E-state index is 3.43. The average molecular weight is 217 g/mol. The van der Waals surface area contributed by atoms with Gasteiger partial charge in [0.05, 0.1) is 0 Å². The molecule has 1 fully saturated rings. The van der Waals surface area contributed by atoms with Crippen molar-refractivity contribution in [3.05, 3.63) is 34.9 Å². The van der Waals surface area contributed by atoms with Crippen LogP contribution in [-0.2, 0) is 6.42 Å². The van der Waals surface area contributed by atoms with Crippen LogP contribution in [0.15, 0.2) is 18.2 Å². The Morgan fingerprint density at radius 2 is 1.88 bits per heavy atom. The Labute approximate surface area is 99.3 Å². The molecule has 16 heavy (non-hydrogen) atoms. The van der Waals surface area contributed by atoms with Crippen LogP contribution in [0, 0.1) is 19.8 Å². The summed E-state index contributed by atoms with van der Waals surface area (Å²) in [6, 6.07) is 6.91. The molecule has 0 radical (unpaired) electrons. The molecular weight excluding hydrogens is 194 g/mol. The third-order valence-electron chi connectivity index (χ3n) is 3.87. The molecule has 1 aromatic rings. The zero-order chi connectivity index (χ0) is 11.4. The van der Waals surface area contributed by atoms with Gasteiger partial charge in [-0.15, -0.1) is 0 Å². The number of hydrogen-bond donors (Lipinski definition) is 1. The van der Waals surface area contributed by atoms with Crippen LogP contribution >= 0.6 is 0 Å². The highest BCUT2D eigenvalue weighted by molar-refractivity contribution is 5.29. The van der Waals surface area contributed by atoms with Crippen LogP contribution in [0.5, 0.6) is 0 Å². The van der Waals surface area contributed by atoms with Crippen molar-refractivity contribution in [2.24, 2.45) is 5.92 Å². The van der Waals surface area contributed by atoms with E-state index >= 15 is 0 Å². The minimum Gasteiger partial charge on any atom is -0.317 e. The fourth-order valence-corrected chi connectivity index (χ4v) is 2.50. The topological polar surface area (TPSA) is 12.0 Å². The van der Waals surface area contributed by atoms with E-state index in [0.717, 1.165) is 5.92 Å². The fraction of sp³-hybridized carbons (Fsp3) is 0.600. The highest BCUT2D eigenvalue weighted by Gasteiger charge is 2.12. The second kappa shape index (κ2) is 5.49. The predicted octanol–water partition coefficient (Wildman–Crippen LogP) is 3.24. The van der Waals surface area contributed by atoms with Gasteiger partial charge in [-0.05, 0) is 75.2 Å². The van der Waals surface area contributed by atoms with Crippen molar-refractivity contribution in [1.29, 1.82) is 0 Å². The minimum absolute atomic E-state index is 0.947. The molecule has 0 bridgehead atoms. The summed E-state index contributed by atoms with van der Waals surface area (Å²) in [5.41, 5.74) is 4.36. The second-order valence-corrected chi connectivity index (χ2v) is 5.15. The van der Waals surface area contributed by atoms with Crippen LogP contribution in [0.4, 0.5) is 0 Å². The van der Waals surface area contributed by atoms with Crippen LogP contribution in [0.2, 0.25) is 0 Å². The van der Waals surface area contributed by atoms with Gasteiger partial charge in [0.1, 0.15) is 0 Å². The normalized spacial score (nSPS) is 17.6. The quantitative estimate of drug-likeness (QED) is 0.819. The van der Waals surface area contributed by atoms with Crippen molar-refractivity contribution in [1.82, 2.24) is 5.32 Å². The molecular formula is C15H23N. The van der Waals surface area contributed by atoms with Crippen molar-refractivity contribution in [3.8, 4) is 0 Å². The summed E-state index contributed by atoms with van der Waals surface area (Å²) in [4.78, 5) is 0. The lowest BCUT2D eigenvalue weighted by Crippen LogP contribution is -2.27. The number of benzene rings is 1. The third-order valence-corrected chi connectivity index (χ3v) is 3.87. The smallest absolute Gasteiger partial charge is 0.00463 e. The largest absolute Gasteiger partial charge is 0.317 e. The van der Waals surface area contributed by atoms with E-state index in [1.807, 2.05) is 0 Å². The molecule has 1 heterocycles. The lowest BCUT2D eigenvalue weighted by Gasteiger charge is -2.22. The van der Waals surface area contributed by atoms with Gasteiger partial charge in [-0.25, -0.2) is 0 Å². The lowest BCUT2D eigenvalue weighted by molar-refractivity contribution is 0.354. The molecule has 1 saturated heterocycles. The molecule has 0 aromatic heterocycles. The Balaban J connectivity index is 1.86. The minimum atomic E-state index is 0.947. The van der Waals surface area contributed by atoms with E-state index in [4.69, 9.17) is 0 Å². The van der Waals surface area contributed by atoms with Crippen molar-refractivity contribution < 1.29 is 0 Å². The van der Waals surface area contributed by atoms with Crippen LogP contribution in [0.1, 0.15) is 36.0 Å². The van der Waals surface area contributed by atoms with E-state index in [9.17, 15) is 0 Å². The van der Waals surface area contributed by atoms with E-state index < -0.39 is 0 Å². The van der Waals surface area contributed by atoms with Crippen molar-refractivity contribution in [2.75, 3.05) is 13.1 Å². The SMILES string of the molecule is Cc1ccc(CCC2CCNCC2)cc1C. The van der Waals surface area contributed by atoms with Gasteiger partial charge in [0.2, 0.25) is 0 Å². The molecule has 0 atom stereocenters. The van der Waals surface area contributed by atoms with Crippen molar-refractivity contribution >= 4 is 0 Å². The molecule has 0 aliphatic carbocycles. The lowest BCUT2D eigenvalue weighted by atomic mass is 9.91. The third kappa shape index (κ3) is 3.08. The number of rotatable bonds is 3. The zero-order valence-electron chi connectivity index (χ0n) is 10.6. The molecule has 1 aliphatic rings. The summed E-state index contributed by atoms with van der Waals surface area (Å²) in [7, 11) is 0. The Bertz CT molecular complexity index is 337. The van der Waals surface area contributed by atoms with E-state index in [1.54, 1.807) is 0 Å². The van der Waals surface area contributed by atoms with Crippen LogP contribution < -0.4 is 5.32 Å². The Kier molecular flexibility index (Phi) is 4.00. The molecule has 1 heteroatoms. The molecule has 1 aromatic carbocycles. The fourth-order valence-electron chi connectivity index (χ4n) is 2.50. The van der Waals surface area contributed by atoms with Gasteiger partial charge in [-0.3, -0.25) is 0 Å². The van der Waals surface area contributed by atoms with Gasteiger partial charge in [0.15, 0.2) is 0 Å². The maximum absolute atomic E-state index is 3.43. The summed E-state index contributed by atoms with van der Waals surface area (Å²) >= 11 is 0. The Morgan fingerprint density at radius 3 is 2.56 bits per heavy atom. The zero-order valence-corrected chi connectivity index (χ0v) is 10.6. The first-order valence-electron chi connectivity index (χ1n) is 6.52. The monoisotopic (exact) mass is 217 g/mol. The van der Waals surface area contributed by atoms with Gasteiger partial charge in [-0.1, -0.05) is 18.2 Å². The second-order valence-electron chi connectivity index (χ2n) is 5.15. The molecule has 0 saturated carbocycles. The first-order valence-corrected chi connectivity index (χ1v) is 6.52. The number of hydrogen-bond acceptors (Lipinski definition) is 1. The van der Waals surface area contributed by atoms with Crippen LogP contribution in [0.25, 0.3) is 0 Å². The average Bonchev–Trinajstić information content (AvgIpc) is 2.32. The number of piperidine rings is 1. The van der Waals surface area contributed by atoms with E-state index in [2.05, 4.69) is 37.4 Å². The summed E-state index contributed by atoms with van der Waals surface area (Å²) < 4.78 is 0. The predicted molar refractivity (Wildman–Crippen MR) is 69.8 cm³/mol. The molecule has 0 spiro atoms. The molecule has 0 unspecified atom stereocenters. The van der Waals surface area contributed by atoms with E-state index in [0.29, 0.717) is 0 Å². The maximum Gasteiger partial charge on any atom is -0.00463 e. The molecule has 1 aliphatic heterocycles. The van der Waals surface area contributed by atoms with Crippen molar-refractivity contribution in [3.63, 3.8) is 0 Å². The van der Waals surface area contributed by atoms with Gasteiger partial charge in [-0.2, -0.15) is 0 Å². The van der Waals surface area contributed by atoms with Gasteiger partial charge < -0.3 is 5.32 Å². The first-order chi connectivity index (χ1) is 7.75. The van der Waals surface area contributed by atoms with Crippen molar-refractivity contribution in [2.45, 2.75) is 39.5 Å². The molecule has 88 valence electrons. The summed E-state index contributed by atoms with van der Waals surface area (Å²) in [5, 5.41) is 3.43. The van der Waals surface area contributed by atoms with Crippen LogP contribution in [-0.4, -0.2) is 13.1 Å². The molecule has 0 amide bonds. The number of nitrogens with one attached hydrogen (secondary N) is 1. The van der Waals surface area contributed by atoms with Gasteiger partial charge in [0, 0.05) is 0 Å². The van der Waals surface area contributed by atoms with Gasteiger partial charge >= 0.3 is 0 Å². The van der Waals surface area contributed by atoms with Crippen LogP contribution in [0.3, 0.4) is 0 Å². The highest BCUT2D eigenvalue weighted by Crippen LogP contribution is 2.19. The highest BCUT2D eigenvalue weighted by atomic mass is 14.9. The number of aryl methyl sites for hydroxylation is 3.